The number of nitrogens with one attached hydrogen (secondary N) is 2. The number of likely N-dealkylation sites (N-methyl/N-ethyl adjacent to an activating group) is 1. The number of rotatable bonds is 4. The zero-order valence-electron chi connectivity index (χ0n) is 16.0. The number of aryl methyl sites for hydroxylation is 1. The molecule has 1 aromatic carbocycles. The Balaban J connectivity index is 1.56. The van der Waals surface area contributed by atoms with Crippen LogP contribution in [0.1, 0.15) is 40.5 Å². The van der Waals surface area contributed by atoms with Gasteiger partial charge in [0, 0.05) is 43.0 Å². The molecule has 1 aliphatic carbocycles. The molecule has 7 heteroatoms. The Hall–Kier alpha value is -2.54. The summed E-state index contributed by atoms with van der Waals surface area (Å²) in [6.45, 7) is 3.37. The number of benzene rings is 1. The van der Waals surface area contributed by atoms with Crippen molar-refractivity contribution in [2.45, 2.75) is 25.3 Å². The summed E-state index contributed by atoms with van der Waals surface area (Å²) in [7, 11) is 3.75. The van der Waals surface area contributed by atoms with E-state index in [1.165, 1.54) is 11.3 Å². The molecule has 27 heavy (non-hydrogen) atoms. The van der Waals surface area contributed by atoms with E-state index in [0.717, 1.165) is 56.9 Å². The lowest BCUT2D eigenvalue weighted by Gasteiger charge is -2.32. The molecule has 2 N–H and O–H groups in total. The highest BCUT2D eigenvalue weighted by Crippen LogP contribution is 2.35. The molecule has 0 spiro atoms. The number of amides is 1. The van der Waals surface area contributed by atoms with Crippen LogP contribution in [-0.4, -0.2) is 66.2 Å². The fourth-order valence-electron chi connectivity index (χ4n) is 3.94. The second kappa shape index (κ2) is 7.60. The first-order chi connectivity index (χ1) is 13.2. The van der Waals surface area contributed by atoms with Gasteiger partial charge in [-0.15, -0.1) is 0 Å². The molecule has 1 fully saturated rings. The summed E-state index contributed by atoms with van der Waals surface area (Å²) in [5.41, 5.74) is 3.96. The van der Waals surface area contributed by atoms with Gasteiger partial charge in [0.2, 0.25) is 0 Å². The van der Waals surface area contributed by atoms with Gasteiger partial charge in [0.05, 0.1) is 25.0 Å². The third-order valence-electron chi connectivity index (χ3n) is 5.61. The molecule has 144 valence electrons. The van der Waals surface area contributed by atoms with E-state index in [-0.39, 0.29) is 11.9 Å². The number of methoxy groups -OCH3 is 1. The molecule has 1 atom stereocenters. The first kappa shape index (κ1) is 17.9. The van der Waals surface area contributed by atoms with Crippen LogP contribution in [-0.2, 0) is 6.42 Å². The number of aromatic amines is 1. The molecular weight excluding hydrogens is 342 g/mol. The molecule has 1 saturated heterocycles. The Morgan fingerprint density at radius 3 is 2.89 bits per heavy atom. The van der Waals surface area contributed by atoms with Crippen LogP contribution in [0.3, 0.4) is 0 Å². The van der Waals surface area contributed by atoms with Gasteiger partial charge in [-0.2, -0.15) is 5.10 Å². The van der Waals surface area contributed by atoms with Crippen molar-refractivity contribution in [2.24, 2.45) is 0 Å². The quantitative estimate of drug-likeness (QED) is 0.865. The minimum absolute atomic E-state index is 0.0847. The van der Waals surface area contributed by atoms with Crippen molar-refractivity contribution in [1.82, 2.24) is 20.0 Å². The van der Waals surface area contributed by atoms with Crippen LogP contribution < -0.4 is 10.1 Å². The third-order valence-corrected chi connectivity index (χ3v) is 5.61. The van der Waals surface area contributed by atoms with Crippen molar-refractivity contribution in [1.29, 1.82) is 0 Å². The van der Waals surface area contributed by atoms with Crippen LogP contribution in [0.2, 0.25) is 0 Å². The highest BCUT2D eigenvalue weighted by Gasteiger charge is 2.24. The van der Waals surface area contributed by atoms with Gasteiger partial charge in [-0.05, 0) is 44.5 Å². The van der Waals surface area contributed by atoms with Crippen molar-refractivity contribution in [3.8, 4) is 5.75 Å². The fourth-order valence-corrected chi connectivity index (χ4v) is 3.94. The van der Waals surface area contributed by atoms with Gasteiger partial charge in [0.1, 0.15) is 5.75 Å². The standard InChI is InChI=1S/C20H27N5O2/c1-24-8-10-25(11-9-24)20(26)14-6-7-19(27-2)18(12-14)22-16-4-3-5-17-15(16)13-21-23-17/h6-7,12-13,16,22H,3-5,8-11H2,1-2H3,(H,21,23). The van der Waals surface area contributed by atoms with Gasteiger partial charge < -0.3 is 19.9 Å². The van der Waals surface area contributed by atoms with E-state index in [0.29, 0.717) is 5.56 Å². The number of nitrogens with zero attached hydrogens (tertiary/aromatic N) is 3. The van der Waals surface area contributed by atoms with E-state index in [9.17, 15) is 4.79 Å². The van der Waals surface area contributed by atoms with Gasteiger partial charge in [0.15, 0.2) is 0 Å². The summed E-state index contributed by atoms with van der Waals surface area (Å²) in [4.78, 5) is 17.1. The zero-order chi connectivity index (χ0) is 18.8. The molecular formula is C20H27N5O2. The van der Waals surface area contributed by atoms with Gasteiger partial charge in [0.25, 0.3) is 5.91 Å². The summed E-state index contributed by atoms with van der Waals surface area (Å²) in [6.07, 6.45) is 5.08. The number of fused-ring (bicyclic) bond motifs is 1. The number of anilines is 1. The highest BCUT2D eigenvalue weighted by atomic mass is 16.5. The molecule has 1 amide bonds. The molecule has 2 aliphatic rings. The van der Waals surface area contributed by atoms with Crippen molar-refractivity contribution in [2.75, 3.05) is 45.7 Å². The molecule has 0 bridgehead atoms. The molecule has 2 heterocycles. The predicted octanol–water partition coefficient (Wildman–Crippen LogP) is 2.30. The molecule has 1 aromatic heterocycles. The lowest BCUT2D eigenvalue weighted by molar-refractivity contribution is 0.0664. The average molecular weight is 369 g/mol. The second-order valence-electron chi connectivity index (χ2n) is 7.40. The molecule has 0 radical (unpaired) electrons. The maximum absolute atomic E-state index is 12.9. The summed E-state index contributed by atoms with van der Waals surface area (Å²) >= 11 is 0. The average Bonchev–Trinajstić information content (AvgIpc) is 3.18. The summed E-state index contributed by atoms with van der Waals surface area (Å²) < 4.78 is 5.53. The first-order valence-electron chi connectivity index (χ1n) is 9.60. The van der Waals surface area contributed by atoms with Crippen LogP contribution >= 0.6 is 0 Å². The molecule has 1 aliphatic heterocycles. The maximum Gasteiger partial charge on any atom is 0.254 e. The number of aromatic nitrogens is 2. The van der Waals surface area contributed by atoms with Crippen LogP contribution in [0.25, 0.3) is 0 Å². The van der Waals surface area contributed by atoms with E-state index >= 15 is 0 Å². The van der Waals surface area contributed by atoms with Gasteiger partial charge in [-0.3, -0.25) is 9.89 Å². The third kappa shape index (κ3) is 3.64. The monoisotopic (exact) mass is 369 g/mol. The Bertz CT molecular complexity index is 810. The number of hydrogen-bond acceptors (Lipinski definition) is 5. The van der Waals surface area contributed by atoms with Crippen LogP contribution in [0.15, 0.2) is 24.4 Å². The van der Waals surface area contributed by atoms with E-state index in [4.69, 9.17) is 4.74 Å². The van der Waals surface area contributed by atoms with Crippen molar-refractivity contribution in [3.63, 3.8) is 0 Å². The Morgan fingerprint density at radius 1 is 1.30 bits per heavy atom. The van der Waals surface area contributed by atoms with Gasteiger partial charge in [-0.1, -0.05) is 0 Å². The molecule has 7 nitrogen and oxygen atoms in total. The number of carbonyl (C=O) groups excluding carboxylic acids is 1. The van der Waals surface area contributed by atoms with E-state index in [1.807, 2.05) is 29.3 Å². The van der Waals surface area contributed by atoms with E-state index in [2.05, 4.69) is 27.5 Å². The van der Waals surface area contributed by atoms with Crippen molar-refractivity contribution in [3.05, 3.63) is 41.2 Å². The number of ether oxygens (including phenoxy) is 1. The lowest BCUT2D eigenvalue weighted by atomic mass is 9.93. The molecule has 0 saturated carbocycles. The lowest BCUT2D eigenvalue weighted by Crippen LogP contribution is -2.47. The molecule has 2 aromatic rings. The maximum atomic E-state index is 12.9. The van der Waals surface area contributed by atoms with E-state index < -0.39 is 0 Å². The Morgan fingerprint density at radius 2 is 2.11 bits per heavy atom. The summed E-state index contributed by atoms with van der Waals surface area (Å²) in [5, 5.41) is 10.9. The van der Waals surface area contributed by atoms with Gasteiger partial charge in [-0.25, -0.2) is 0 Å². The summed E-state index contributed by atoms with van der Waals surface area (Å²) in [6, 6.07) is 5.84. The Labute approximate surface area is 159 Å². The molecule has 1 unspecified atom stereocenters. The number of carbonyl (C=O) groups is 1. The van der Waals surface area contributed by atoms with Crippen LogP contribution in [0.5, 0.6) is 5.75 Å². The smallest absolute Gasteiger partial charge is 0.254 e. The van der Waals surface area contributed by atoms with Gasteiger partial charge >= 0.3 is 0 Å². The minimum Gasteiger partial charge on any atom is -0.495 e. The second-order valence-corrected chi connectivity index (χ2v) is 7.40. The summed E-state index contributed by atoms with van der Waals surface area (Å²) in [5.74, 6) is 0.835. The normalized spacial score (nSPS) is 20.2. The van der Waals surface area contributed by atoms with Crippen LogP contribution in [0.4, 0.5) is 5.69 Å². The largest absolute Gasteiger partial charge is 0.495 e. The predicted molar refractivity (Wildman–Crippen MR) is 104 cm³/mol. The topological polar surface area (TPSA) is 73.5 Å². The minimum atomic E-state index is 0.0847. The highest BCUT2D eigenvalue weighted by molar-refractivity contribution is 5.95. The first-order valence-corrected chi connectivity index (χ1v) is 9.60. The van der Waals surface area contributed by atoms with Crippen molar-refractivity contribution < 1.29 is 9.53 Å². The number of hydrogen-bond donors (Lipinski definition) is 2. The fraction of sp³-hybridized carbons (Fsp3) is 0.500. The molecule has 4 rings (SSSR count). The SMILES string of the molecule is COc1ccc(C(=O)N2CCN(C)CC2)cc1NC1CCCc2[nH]ncc21. The number of piperazine rings is 1. The van der Waals surface area contributed by atoms with Crippen LogP contribution in [0, 0.1) is 0 Å². The Kier molecular flexibility index (Phi) is 5.03. The number of H-pyrrole nitrogens is 1. The van der Waals surface area contributed by atoms with E-state index in [1.54, 1.807) is 7.11 Å². The van der Waals surface area contributed by atoms with Crippen molar-refractivity contribution >= 4 is 11.6 Å². The zero-order valence-corrected chi connectivity index (χ0v) is 16.0.